The molecular weight excluding hydrogens is 505 g/mol. The average Bonchev–Trinajstić information content (AvgIpc) is 2.85. The number of halogens is 3. The molecule has 3 aromatic rings. The van der Waals surface area contributed by atoms with Crippen molar-refractivity contribution in [2.24, 2.45) is 0 Å². The fourth-order valence-corrected chi connectivity index (χ4v) is 5.06. The predicted octanol–water partition coefficient (Wildman–Crippen LogP) is 4.59. The number of anilines is 1. The maximum atomic E-state index is 13.4. The van der Waals surface area contributed by atoms with E-state index in [-0.39, 0.29) is 47.4 Å². The van der Waals surface area contributed by atoms with Crippen molar-refractivity contribution in [2.75, 3.05) is 11.1 Å². The lowest BCUT2D eigenvalue weighted by Gasteiger charge is -2.32. The molecule has 4 rings (SSSR count). The number of nitrogens with one attached hydrogen (secondary N) is 1. The topological polar surface area (TPSA) is 108 Å². The van der Waals surface area contributed by atoms with Crippen molar-refractivity contribution in [3.8, 4) is 0 Å². The summed E-state index contributed by atoms with van der Waals surface area (Å²) in [4.78, 5) is 38.7. The highest BCUT2D eigenvalue weighted by Crippen LogP contribution is 2.39. The number of carbonyl (C=O) groups is 2. The predicted molar refractivity (Wildman–Crippen MR) is 132 cm³/mol. The van der Waals surface area contributed by atoms with Crippen molar-refractivity contribution in [3.63, 3.8) is 0 Å². The molecule has 2 atom stereocenters. The fourth-order valence-electron chi connectivity index (χ4n) is 4.29. The van der Waals surface area contributed by atoms with Gasteiger partial charge in [-0.1, -0.05) is 12.1 Å². The molecule has 2 aromatic heterocycles. The zero-order valence-electron chi connectivity index (χ0n) is 20.5. The van der Waals surface area contributed by atoms with Gasteiger partial charge in [-0.2, -0.15) is 13.2 Å². The number of rotatable bonds is 6. The summed E-state index contributed by atoms with van der Waals surface area (Å²) < 4.78 is 51.8. The SMILES string of the molecule is CC[S+]([O-])c1ccc(CC(=O)Nc2ccc3c(n2)CCC(C)(c2cc(C(F)(F)F)nc(C)n2)C3=O)cc1. The van der Waals surface area contributed by atoms with Crippen molar-refractivity contribution in [3.05, 3.63) is 76.5 Å². The number of pyridine rings is 1. The van der Waals surface area contributed by atoms with Gasteiger partial charge in [0.1, 0.15) is 23.1 Å². The van der Waals surface area contributed by atoms with Gasteiger partial charge in [0.15, 0.2) is 10.7 Å². The summed E-state index contributed by atoms with van der Waals surface area (Å²) in [5.74, 6) is 0.0451. The maximum absolute atomic E-state index is 13.4. The van der Waals surface area contributed by atoms with Gasteiger partial charge in [0.05, 0.1) is 23.2 Å². The Bertz CT molecular complexity index is 1350. The highest BCUT2D eigenvalue weighted by molar-refractivity contribution is 7.91. The molecule has 0 bridgehead atoms. The maximum Gasteiger partial charge on any atom is 0.433 e. The number of Topliss-reactive ketones (excluding diaryl/α,β-unsaturated/α-hetero) is 1. The van der Waals surface area contributed by atoms with Crippen LogP contribution < -0.4 is 5.32 Å². The Morgan fingerprint density at radius 1 is 1.14 bits per heavy atom. The van der Waals surface area contributed by atoms with Crippen molar-refractivity contribution in [1.82, 2.24) is 15.0 Å². The number of ketones is 1. The summed E-state index contributed by atoms with van der Waals surface area (Å²) in [5.41, 5.74) is -0.824. The fraction of sp³-hybridized carbons (Fsp3) is 0.346. The van der Waals surface area contributed by atoms with E-state index in [2.05, 4.69) is 20.3 Å². The Labute approximate surface area is 215 Å². The molecule has 0 aliphatic heterocycles. The first-order chi connectivity index (χ1) is 17.4. The molecule has 1 amide bonds. The Morgan fingerprint density at radius 2 is 1.84 bits per heavy atom. The molecule has 7 nitrogen and oxygen atoms in total. The van der Waals surface area contributed by atoms with E-state index in [1.165, 1.54) is 19.1 Å². The van der Waals surface area contributed by atoms with Crippen LogP contribution in [0.15, 0.2) is 47.4 Å². The molecule has 37 heavy (non-hydrogen) atoms. The summed E-state index contributed by atoms with van der Waals surface area (Å²) in [5, 5.41) is 2.72. The van der Waals surface area contributed by atoms with Gasteiger partial charge >= 0.3 is 6.18 Å². The quantitative estimate of drug-likeness (QED) is 0.467. The molecule has 1 aromatic carbocycles. The van der Waals surface area contributed by atoms with E-state index >= 15 is 0 Å². The van der Waals surface area contributed by atoms with E-state index in [0.717, 1.165) is 11.6 Å². The molecule has 0 saturated carbocycles. The van der Waals surface area contributed by atoms with E-state index in [1.54, 1.807) is 31.2 Å². The minimum atomic E-state index is -4.65. The highest BCUT2D eigenvalue weighted by Gasteiger charge is 2.44. The smallest absolute Gasteiger partial charge is 0.433 e. The van der Waals surface area contributed by atoms with Gasteiger partial charge in [-0.15, -0.1) is 0 Å². The summed E-state index contributed by atoms with van der Waals surface area (Å²) in [6, 6.07) is 10.8. The van der Waals surface area contributed by atoms with E-state index in [9.17, 15) is 27.3 Å². The summed E-state index contributed by atoms with van der Waals surface area (Å²) in [6.45, 7) is 4.77. The van der Waals surface area contributed by atoms with Crippen LogP contribution in [0.25, 0.3) is 0 Å². The third kappa shape index (κ3) is 5.67. The average molecular weight is 531 g/mol. The highest BCUT2D eigenvalue weighted by atomic mass is 32.2. The van der Waals surface area contributed by atoms with Gasteiger partial charge in [-0.25, -0.2) is 15.0 Å². The molecule has 0 fully saturated rings. The van der Waals surface area contributed by atoms with Gasteiger partial charge in [0.25, 0.3) is 0 Å². The number of amides is 1. The van der Waals surface area contributed by atoms with Crippen LogP contribution in [0.3, 0.4) is 0 Å². The normalized spacial score (nSPS) is 18.3. The zero-order valence-corrected chi connectivity index (χ0v) is 21.3. The summed E-state index contributed by atoms with van der Waals surface area (Å²) in [7, 11) is 0. The van der Waals surface area contributed by atoms with Crippen LogP contribution in [0.5, 0.6) is 0 Å². The molecule has 2 unspecified atom stereocenters. The second-order valence-corrected chi connectivity index (χ2v) is 10.8. The number of hydrogen-bond acceptors (Lipinski definition) is 6. The van der Waals surface area contributed by atoms with Crippen LogP contribution in [-0.4, -0.2) is 36.9 Å². The van der Waals surface area contributed by atoms with Crippen LogP contribution in [0.1, 0.15) is 59.1 Å². The van der Waals surface area contributed by atoms with Crippen LogP contribution in [-0.2, 0) is 40.4 Å². The standard InChI is InChI=1S/C26H25F3N4O3S/c1-4-37(36)17-7-5-16(6-8-17)13-23(34)33-22-10-9-18-19(32-22)11-12-25(3,24(18)35)20-14-21(26(27,28)29)31-15(2)30-20/h5-10,14H,4,11-13H2,1-3H3,(H,32,33,34). The first kappa shape index (κ1) is 26.7. The van der Waals surface area contributed by atoms with Crippen LogP contribution in [0, 0.1) is 6.92 Å². The minimum Gasteiger partial charge on any atom is -0.611 e. The second kappa shape index (κ2) is 10.2. The number of hydrogen-bond donors (Lipinski definition) is 1. The summed E-state index contributed by atoms with van der Waals surface area (Å²) in [6.07, 6.45) is -4.03. The van der Waals surface area contributed by atoms with Gasteiger partial charge in [-0.3, -0.25) is 9.59 Å². The molecule has 194 valence electrons. The molecular formula is C26H25F3N4O3S. The number of aryl methyl sites for hydroxylation is 2. The van der Waals surface area contributed by atoms with E-state index in [1.807, 2.05) is 6.92 Å². The monoisotopic (exact) mass is 530 g/mol. The molecule has 1 N–H and O–H groups in total. The Morgan fingerprint density at radius 3 is 2.49 bits per heavy atom. The molecule has 0 radical (unpaired) electrons. The third-order valence-corrected chi connectivity index (χ3v) is 7.68. The van der Waals surface area contributed by atoms with Crippen molar-refractivity contribution in [2.45, 2.75) is 56.5 Å². The van der Waals surface area contributed by atoms with Crippen LogP contribution in [0.4, 0.5) is 19.0 Å². The molecule has 2 heterocycles. The van der Waals surface area contributed by atoms with Gasteiger partial charge in [-0.05, 0) is 80.7 Å². The Hall–Kier alpha value is -3.31. The van der Waals surface area contributed by atoms with Gasteiger partial charge in [0.2, 0.25) is 5.91 Å². The lowest BCUT2D eigenvalue weighted by atomic mass is 9.71. The summed E-state index contributed by atoms with van der Waals surface area (Å²) >= 11 is -1.07. The lowest BCUT2D eigenvalue weighted by Crippen LogP contribution is -2.39. The largest absolute Gasteiger partial charge is 0.611 e. The number of alkyl halides is 3. The van der Waals surface area contributed by atoms with Crippen molar-refractivity contribution in [1.29, 1.82) is 0 Å². The minimum absolute atomic E-state index is 0.0224. The third-order valence-electron chi connectivity index (χ3n) is 6.36. The number of carbonyl (C=O) groups excluding carboxylic acids is 2. The van der Waals surface area contributed by atoms with E-state index in [4.69, 9.17) is 0 Å². The Balaban J connectivity index is 1.50. The molecule has 11 heteroatoms. The van der Waals surface area contributed by atoms with Gasteiger partial charge in [0, 0.05) is 5.56 Å². The van der Waals surface area contributed by atoms with E-state index in [0.29, 0.717) is 22.8 Å². The Kier molecular flexibility index (Phi) is 7.38. The molecule has 0 spiro atoms. The van der Waals surface area contributed by atoms with E-state index < -0.39 is 28.5 Å². The van der Waals surface area contributed by atoms with Crippen molar-refractivity contribution < 1.29 is 27.3 Å². The van der Waals surface area contributed by atoms with Crippen LogP contribution >= 0.6 is 0 Å². The number of benzene rings is 1. The van der Waals surface area contributed by atoms with Crippen LogP contribution in [0.2, 0.25) is 0 Å². The number of aromatic nitrogens is 3. The molecule has 0 saturated heterocycles. The lowest BCUT2D eigenvalue weighted by molar-refractivity contribution is -0.141. The second-order valence-electron chi connectivity index (χ2n) is 9.04. The first-order valence-electron chi connectivity index (χ1n) is 11.7. The molecule has 1 aliphatic carbocycles. The zero-order chi connectivity index (χ0) is 27.0. The number of fused-ring (bicyclic) bond motifs is 1. The first-order valence-corrected chi connectivity index (χ1v) is 13.0. The van der Waals surface area contributed by atoms with Gasteiger partial charge < -0.3 is 9.87 Å². The molecule has 1 aliphatic rings. The number of nitrogens with zero attached hydrogens (tertiary/aromatic N) is 3. The van der Waals surface area contributed by atoms with Crippen molar-refractivity contribution >= 4 is 28.7 Å².